The first-order valence-corrected chi connectivity index (χ1v) is 12.6. The molecule has 2 saturated heterocycles. The van der Waals surface area contributed by atoms with E-state index in [9.17, 15) is 51.1 Å². The smallest absolute Gasteiger partial charge is 0.229 e. The molecule has 0 bridgehead atoms. The summed E-state index contributed by atoms with van der Waals surface area (Å²) in [5, 5.41) is 99.6. The molecule has 4 rings (SSSR count). The maximum absolute atomic E-state index is 10.4. The van der Waals surface area contributed by atoms with Gasteiger partial charge in [0.1, 0.15) is 71.8 Å². The molecule has 14 nitrogen and oxygen atoms in total. The van der Waals surface area contributed by atoms with E-state index in [4.69, 9.17) is 18.9 Å². The fourth-order valence-corrected chi connectivity index (χ4v) is 4.55. The zero-order valence-corrected chi connectivity index (χ0v) is 21.2. The number of phenolic OH excluding ortho intramolecular Hbond substituents is 2. The average Bonchev–Trinajstić information content (AvgIpc) is 2.93. The molecule has 2 aliphatic rings. The summed E-state index contributed by atoms with van der Waals surface area (Å²) in [5.41, 5.74) is 1.07. The summed E-state index contributed by atoms with van der Waals surface area (Å²) in [6, 6.07) is 8.57. The van der Waals surface area contributed by atoms with E-state index in [0.717, 1.165) is 0 Å². The molecule has 0 amide bonds. The number of hydrogen-bond acceptors (Lipinski definition) is 14. The number of aliphatic hydroxyl groups excluding tert-OH is 8. The Morgan fingerprint density at radius 3 is 1.55 bits per heavy atom. The highest BCUT2D eigenvalue weighted by molar-refractivity contribution is 5.42. The number of phenols is 2. The minimum absolute atomic E-state index is 0.0383. The summed E-state index contributed by atoms with van der Waals surface area (Å²) in [6.45, 7) is -1.32. The lowest BCUT2D eigenvalue weighted by Crippen LogP contribution is -2.60. The van der Waals surface area contributed by atoms with Crippen molar-refractivity contribution in [3.63, 3.8) is 0 Å². The molecule has 2 aromatic rings. The van der Waals surface area contributed by atoms with Crippen LogP contribution >= 0.6 is 0 Å². The minimum atomic E-state index is -1.69. The van der Waals surface area contributed by atoms with Gasteiger partial charge in [0.15, 0.2) is 0 Å². The summed E-state index contributed by atoms with van der Waals surface area (Å²) in [7, 11) is 0. The molecule has 2 aliphatic heterocycles. The normalized spacial score (nSPS) is 34.4. The molecule has 2 aromatic carbocycles. The lowest BCUT2D eigenvalue weighted by atomic mass is 9.99. The predicted octanol–water partition coefficient (Wildman–Crippen LogP) is -2.76. The SMILES string of the molecule is OC[C@H]1O[C@H](Oc2cc(CCc3ccc(O)cc3O)cc(O[C@H]3O[C@H](CO)[C@@H](O)[C@H](O)[C@H]3O)c2)[C@H](O)[C@@H](O)[C@@H]1O. The molecule has 222 valence electrons. The number of hydrogen-bond donors (Lipinski definition) is 10. The molecule has 2 fully saturated rings. The maximum Gasteiger partial charge on any atom is 0.229 e. The van der Waals surface area contributed by atoms with Gasteiger partial charge in [0, 0.05) is 12.1 Å². The third-order valence-electron chi connectivity index (χ3n) is 6.89. The van der Waals surface area contributed by atoms with Gasteiger partial charge in [-0.2, -0.15) is 0 Å². The Kier molecular flexibility index (Phi) is 9.68. The summed E-state index contributed by atoms with van der Waals surface area (Å²) < 4.78 is 22.3. The van der Waals surface area contributed by atoms with Gasteiger partial charge in [0.05, 0.1) is 13.2 Å². The van der Waals surface area contributed by atoms with Crippen molar-refractivity contribution in [3.8, 4) is 23.0 Å². The fourth-order valence-electron chi connectivity index (χ4n) is 4.55. The Morgan fingerprint density at radius 1 is 0.600 bits per heavy atom. The summed E-state index contributed by atoms with van der Waals surface area (Å²) in [6.07, 6.45) is -14.8. The first kappa shape index (κ1) is 30.2. The van der Waals surface area contributed by atoms with Gasteiger partial charge >= 0.3 is 0 Å². The van der Waals surface area contributed by atoms with Crippen molar-refractivity contribution >= 4 is 0 Å². The van der Waals surface area contributed by atoms with Gasteiger partial charge < -0.3 is 70.0 Å². The van der Waals surface area contributed by atoms with Crippen molar-refractivity contribution in [1.29, 1.82) is 0 Å². The topological polar surface area (TPSA) is 239 Å². The number of benzene rings is 2. The van der Waals surface area contributed by atoms with E-state index < -0.39 is 74.6 Å². The van der Waals surface area contributed by atoms with Crippen molar-refractivity contribution in [2.24, 2.45) is 0 Å². The van der Waals surface area contributed by atoms with Gasteiger partial charge in [-0.3, -0.25) is 0 Å². The van der Waals surface area contributed by atoms with Crippen LogP contribution in [-0.4, -0.2) is 126 Å². The Hall–Kier alpha value is -2.76. The lowest BCUT2D eigenvalue weighted by Gasteiger charge is -2.40. The van der Waals surface area contributed by atoms with Crippen molar-refractivity contribution in [1.82, 2.24) is 0 Å². The highest BCUT2D eigenvalue weighted by Gasteiger charge is 2.46. The highest BCUT2D eigenvalue weighted by atomic mass is 16.7. The number of rotatable bonds is 9. The van der Waals surface area contributed by atoms with Crippen LogP contribution in [-0.2, 0) is 22.3 Å². The van der Waals surface area contributed by atoms with E-state index in [1.54, 1.807) is 18.2 Å². The van der Waals surface area contributed by atoms with Crippen LogP contribution in [0.5, 0.6) is 23.0 Å². The molecule has 0 radical (unpaired) electrons. The number of aliphatic hydroxyl groups is 8. The summed E-state index contributed by atoms with van der Waals surface area (Å²) in [4.78, 5) is 0. The van der Waals surface area contributed by atoms with Crippen LogP contribution in [0.1, 0.15) is 11.1 Å². The van der Waals surface area contributed by atoms with Gasteiger partial charge in [0.25, 0.3) is 0 Å². The van der Waals surface area contributed by atoms with Crippen molar-refractivity contribution < 1.29 is 70.0 Å². The number of aromatic hydroxyl groups is 2. The van der Waals surface area contributed by atoms with Crippen LogP contribution in [0.15, 0.2) is 36.4 Å². The minimum Gasteiger partial charge on any atom is -0.508 e. The fraction of sp³-hybridized carbons (Fsp3) is 0.538. The number of ether oxygens (including phenoxy) is 4. The van der Waals surface area contributed by atoms with Crippen LogP contribution < -0.4 is 9.47 Å². The third-order valence-corrected chi connectivity index (χ3v) is 6.89. The first-order valence-electron chi connectivity index (χ1n) is 12.6. The molecule has 10 N–H and O–H groups in total. The Balaban J connectivity index is 1.60. The van der Waals surface area contributed by atoms with Crippen LogP contribution in [0.2, 0.25) is 0 Å². The number of aryl methyl sites for hydroxylation is 2. The van der Waals surface area contributed by atoms with Crippen molar-refractivity contribution in [2.75, 3.05) is 13.2 Å². The van der Waals surface area contributed by atoms with Gasteiger partial charge in [-0.05, 0) is 42.2 Å². The van der Waals surface area contributed by atoms with Gasteiger partial charge in [-0.25, -0.2) is 0 Å². The zero-order chi connectivity index (χ0) is 29.1. The van der Waals surface area contributed by atoms with E-state index in [0.29, 0.717) is 17.5 Å². The zero-order valence-electron chi connectivity index (χ0n) is 21.2. The molecule has 0 spiro atoms. The average molecular weight is 571 g/mol. The predicted molar refractivity (Wildman–Crippen MR) is 132 cm³/mol. The summed E-state index contributed by atoms with van der Waals surface area (Å²) >= 11 is 0. The monoisotopic (exact) mass is 570 g/mol. The molecule has 0 aromatic heterocycles. The maximum atomic E-state index is 10.4. The second-order valence-corrected chi connectivity index (χ2v) is 9.76. The van der Waals surface area contributed by atoms with Crippen LogP contribution in [0.4, 0.5) is 0 Å². The quantitative estimate of drug-likeness (QED) is 0.147. The van der Waals surface area contributed by atoms with Gasteiger partial charge in [-0.1, -0.05) is 6.07 Å². The molecule has 10 atom stereocenters. The third kappa shape index (κ3) is 6.58. The van der Waals surface area contributed by atoms with E-state index >= 15 is 0 Å². The van der Waals surface area contributed by atoms with E-state index in [2.05, 4.69) is 0 Å². The van der Waals surface area contributed by atoms with Gasteiger partial charge in [-0.15, -0.1) is 0 Å². The van der Waals surface area contributed by atoms with Crippen LogP contribution in [0, 0.1) is 0 Å². The van der Waals surface area contributed by atoms with Crippen molar-refractivity contribution in [3.05, 3.63) is 47.5 Å². The highest BCUT2D eigenvalue weighted by Crippen LogP contribution is 2.32. The van der Waals surface area contributed by atoms with Crippen LogP contribution in [0.25, 0.3) is 0 Å². The Morgan fingerprint density at radius 2 is 1.10 bits per heavy atom. The Bertz CT molecular complexity index is 1070. The molecule has 40 heavy (non-hydrogen) atoms. The summed E-state index contributed by atoms with van der Waals surface area (Å²) in [5.74, 6) is -0.148. The molecule has 0 aliphatic carbocycles. The van der Waals surface area contributed by atoms with E-state index in [-0.39, 0.29) is 29.4 Å². The van der Waals surface area contributed by atoms with Crippen molar-refractivity contribution in [2.45, 2.75) is 74.3 Å². The molecule has 14 heteroatoms. The largest absolute Gasteiger partial charge is 0.508 e. The molecule has 2 heterocycles. The van der Waals surface area contributed by atoms with Gasteiger partial charge in [0.2, 0.25) is 12.6 Å². The second-order valence-electron chi connectivity index (χ2n) is 9.76. The standard InChI is InChI=1S/C26H34O14/c27-9-17-19(31)21(33)23(35)25(39-17)37-14-5-11(1-2-12-3-4-13(29)7-16(12)30)6-15(8-14)38-26-24(36)22(34)20(32)18(10-28)40-26/h3-8,17-36H,1-2,9-10H2/t17-,18-,19-,20-,21+,22+,23-,24-,25+,26+/m1/s1. The van der Waals surface area contributed by atoms with E-state index in [1.807, 2.05) is 0 Å². The van der Waals surface area contributed by atoms with Crippen LogP contribution in [0.3, 0.4) is 0 Å². The first-order chi connectivity index (χ1) is 19.0. The second kappa shape index (κ2) is 12.8. The lowest BCUT2D eigenvalue weighted by molar-refractivity contribution is -0.278. The molecule has 0 unspecified atom stereocenters. The molecular weight excluding hydrogens is 536 g/mol. The molecular formula is C26H34O14. The Labute approximate surface area is 228 Å². The van der Waals surface area contributed by atoms with E-state index in [1.165, 1.54) is 18.2 Å². The molecule has 0 saturated carbocycles.